The van der Waals surface area contributed by atoms with Crippen molar-refractivity contribution < 1.29 is 9.13 Å². The summed E-state index contributed by atoms with van der Waals surface area (Å²) in [5, 5.41) is 0. The van der Waals surface area contributed by atoms with Gasteiger partial charge in [0.15, 0.2) is 0 Å². The van der Waals surface area contributed by atoms with E-state index in [9.17, 15) is 4.39 Å². The van der Waals surface area contributed by atoms with Crippen molar-refractivity contribution in [3.8, 4) is 5.88 Å². The van der Waals surface area contributed by atoms with Crippen LogP contribution in [0.3, 0.4) is 0 Å². The van der Waals surface area contributed by atoms with Gasteiger partial charge in [0.05, 0.1) is 0 Å². The fraction of sp³-hybridized carbons (Fsp3) is 0.286. The first-order valence-corrected chi connectivity index (χ1v) is 6.88. The van der Waals surface area contributed by atoms with E-state index in [0.717, 1.165) is 18.7 Å². The van der Waals surface area contributed by atoms with Crippen LogP contribution in [0.25, 0.3) is 0 Å². The lowest BCUT2D eigenvalue weighted by atomic mass is 10.2. The van der Waals surface area contributed by atoms with E-state index in [4.69, 9.17) is 4.74 Å². The summed E-state index contributed by atoms with van der Waals surface area (Å²) in [5.41, 5.74) is 0.509. The Balaban J connectivity index is 2.09. The van der Waals surface area contributed by atoms with E-state index >= 15 is 0 Å². The first kappa shape index (κ1) is 13.9. The van der Waals surface area contributed by atoms with Crippen LogP contribution in [0.15, 0.2) is 34.9 Å². The molecule has 1 aromatic carbocycles. The molecule has 0 fully saturated rings. The highest BCUT2D eigenvalue weighted by Gasteiger charge is 2.06. The molecule has 19 heavy (non-hydrogen) atoms. The molecule has 0 spiro atoms. The molecule has 1 heterocycles. The number of halogens is 2. The summed E-state index contributed by atoms with van der Waals surface area (Å²) >= 11 is 3.32. The van der Waals surface area contributed by atoms with Gasteiger partial charge in [-0.05, 0) is 28.4 Å². The summed E-state index contributed by atoms with van der Waals surface area (Å²) in [6.07, 6.45) is 1.75. The molecule has 0 saturated heterocycles. The van der Waals surface area contributed by atoms with Crippen molar-refractivity contribution >= 4 is 15.9 Å². The van der Waals surface area contributed by atoms with Crippen LogP contribution in [-0.2, 0) is 13.0 Å². The average molecular weight is 325 g/mol. The Bertz CT molecular complexity index is 563. The van der Waals surface area contributed by atoms with Crippen molar-refractivity contribution in [1.82, 2.24) is 9.97 Å². The number of aromatic nitrogens is 2. The largest absolute Gasteiger partial charge is 0.473 e. The third kappa shape index (κ3) is 3.99. The minimum atomic E-state index is -0.274. The number of hydrogen-bond acceptors (Lipinski definition) is 3. The number of nitrogens with zero attached hydrogens (tertiary/aromatic N) is 2. The lowest BCUT2D eigenvalue weighted by Crippen LogP contribution is -2.03. The zero-order chi connectivity index (χ0) is 13.7. The zero-order valence-corrected chi connectivity index (χ0v) is 12.2. The molecule has 2 aromatic rings. The highest BCUT2D eigenvalue weighted by atomic mass is 79.9. The Morgan fingerprint density at radius 2 is 2.05 bits per heavy atom. The van der Waals surface area contributed by atoms with Gasteiger partial charge in [0.25, 0.3) is 0 Å². The molecular weight excluding hydrogens is 311 g/mol. The SMILES string of the molecule is CCCc1nc(Br)cc(OCc2ccccc2F)n1. The van der Waals surface area contributed by atoms with E-state index in [0.29, 0.717) is 16.0 Å². The Morgan fingerprint density at radius 3 is 2.79 bits per heavy atom. The fourth-order valence-electron chi connectivity index (χ4n) is 1.62. The van der Waals surface area contributed by atoms with Gasteiger partial charge in [0.1, 0.15) is 22.9 Å². The van der Waals surface area contributed by atoms with Gasteiger partial charge in [-0.2, -0.15) is 4.98 Å². The molecule has 0 unspecified atom stereocenters. The monoisotopic (exact) mass is 324 g/mol. The van der Waals surface area contributed by atoms with Crippen LogP contribution >= 0.6 is 15.9 Å². The van der Waals surface area contributed by atoms with Gasteiger partial charge < -0.3 is 4.74 Å². The van der Waals surface area contributed by atoms with Gasteiger partial charge in [-0.15, -0.1) is 0 Å². The Hall–Kier alpha value is -1.49. The molecule has 3 nitrogen and oxygen atoms in total. The molecule has 5 heteroatoms. The predicted molar refractivity (Wildman–Crippen MR) is 74.5 cm³/mol. The predicted octanol–water partition coefficient (Wildman–Crippen LogP) is 3.91. The Morgan fingerprint density at radius 1 is 1.26 bits per heavy atom. The van der Waals surface area contributed by atoms with E-state index in [1.807, 2.05) is 0 Å². The first-order valence-electron chi connectivity index (χ1n) is 6.08. The molecule has 1 aromatic heterocycles. The second kappa shape index (κ2) is 6.61. The highest BCUT2D eigenvalue weighted by Crippen LogP contribution is 2.17. The summed E-state index contributed by atoms with van der Waals surface area (Å²) in [6, 6.07) is 8.22. The molecular formula is C14H14BrFN2O. The number of hydrogen-bond donors (Lipinski definition) is 0. The van der Waals surface area contributed by atoms with Crippen molar-refractivity contribution in [2.75, 3.05) is 0 Å². The maximum atomic E-state index is 13.4. The summed E-state index contributed by atoms with van der Waals surface area (Å²) in [6.45, 7) is 2.21. The molecule has 0 atom stereocenters. The van der Waals surface area contributed by atoms with E-state index < -0.39 is 0 Å². The first-order chi connectivity index (χ1) is 9.19. The lowest BCUT2D eigenvalue weighted by molar-refractivity contribution is 0.286. The topological polar surface area (TPSA) is 35.0 Å². The minimum absolute atomic E-state index is 0.154. The Labute approximate surface area is 120 Å². The van der Waals surface area contributed by atoms with Gasteiger partial charge in [-0.3, -0.25) is 0 Å². The van der Waals surface area contributed by atoms with Crippen LogP contribution in [0.5, 0.6) is 5.88 Å². The van der Waals surface area contributed by atoms with Crippen molar-refractivity contribution in [2.45, 2.75) is 26.4 Å². The van der Waals surface area contributed by atoms with Crippen LogP contribution in [0, 0.1) is 5.82 Å². The molecule has 100 valence electrons. The van der Waals surface area contributed by atoms with Gasteiger partial charge >= 0.3 is 0 Å². The van der Waals surface area contributed by atoms with Crippen molar-refractivity contribution in [3.05, 3.63) is 52.1 Å². The second-order valence-corrected chi connectivity index (χ2v) is 4.89. The van der Waals surface area contributed by atoms with E-state index in [-0.39, 0.29) is 12.4 Å². The molecule has 0 amide bonds. The Kier molecular flexibility index (Phi) is 4.85. The molecule has 0 saturated carbocycles. The summed E-state index contributed by atoms with van der Waals surface area (Å²) in [5.74, 6) is 0.901. The number of rotatable bonds is 5. The highest BCUT2D eigenvalue weighted by molar-refractivity contribution is 9.10. The van der Waals surface area contributed by atoms with Crippen LogP contribution in [0.2, 0.25) is 0 Å². The molecule has 0 aliphatic rings. The van der Waals surface area contributed by atoms with Gasteiger partial charge in [0.2, 0.25) is 5.88 Å². The van der Waals surface area contributed by atoms with Gasteiger partial charge in [0, 0.05) is 18.1 Å². The van der Waals surface area contributed by atoms with Crippen molar-refractivity contribution in [3.63, 3.8) is 0 Å². The fourth-order valence-corrected chi connectivity index (χ4v) is 2.02. The molecule has 0 aliphatic carbocycles. The molecule has 2 rings (SSSR count). The summed E-state index contributed by atoms with van der Waals surface area (Å²) in [4.78, 5) is 8.53. The summed E-state index contributed by atoms with van der Waals surface area (Å²) in [7, 11) is 0. The normalized spacial score (nSPS) is 10.5. The molecule has 0 N–H and O–H groups in total. The maximum absolute atomic E-state index is 13.4. The average Bonchev–Trinajstić information content (AvgIpc) is 2.37. The van der Waals surface area contributed by atoms with Crippen molar-refractivity contribution in [1.29, 1.82) is 0 Å². The van der Waals surface area contributed by atoms with Crippen LogP contribution in [0.4, 0.5) is 4.39 Å². The van der Waals surface area contributed by atoms with Gasteiger partial charge in [-0.25, -0.2) is 9.37 Å². The quantitative estimate of drug-likeness (QED) is 0.782. The van der Waals surface area contributed by atoms with E-state index in [1.54, 1.807) is 24.3 Å². The van der Waals surface area contributed by atoms with Gasteiger partial charge in [-0.1, -0.05) is 25.1 Å². The number of benzene rings is 1. The second-order valence-electron chi connectivity index (χ2n) is 4.08. The maximum Gasteiger partial charge on any atom is 0.218 e. The molecule has 0 radical (unpaired) electrons. The third-order valence-electron chi connectivity index (χ3n) is 2.52. The van der Waals surface area contributed by atoms with Crippen LogP contribution in [-0.4, -0.2) is 9.97 Å². The summed E-state index contributed by atoms with van der Waals surface area (Å²) < 4.78 is 19.6. The minimum Gasteiger partial charge on any atom is -0.473 e. The molecule has 0 bridgehead atoms. The number of ether oxygens (including phenoxy) is 1. The van der Waals surface area contributed by atoms with Crippen LogP contribution < -0.4 is 4.74 Å². The third-order valence-corrected chi connectivity index (χ3v) is 2.93. The molecule has 0 aliphatic heterocycles. The standard InChI is InChI=1S/C14H14BrFN2O/c1-2-5-13-17-12(15)8-14(18-13)19-9-10-6-3-4-7-11(10)16/h3-4,6-8H,2,5,9H2,1H3. The lowest BCUT2D eigenvalue weighted by Gasteiger charge is -2.08. The van der Waals surface area contributed by atoms with E-state index in [1.165, 1.54) is 6.07 Å². The van der Waals surface area contributed by atoms with Crippen LogP contribution in [0.1, 0.15) is 24.7 Å². The zero-order valence-electron chi connectivity index (χ0n) is 10.6. The number of aryl methyl sites for hydroxylation is 1. The van der Waals surface area contributed by atoms with Crippen molar-refractivity contribution in [2.24, 2.45) is 0 Å². The smallest absolute Gasteiger partial charge is 0.218 e. The van der Waals surface area contributed by atoms with E-state index in [2.05, 4.69) is 32.8 Å².